The zero-order chi connectivity index (χ0) is 14.6. The fourth-order valence-electron chi connectivity index (χ4n) is 5.33. The number of fused-ring (bicyclic) bond motifs is 2. The van der Waals surface area contributed by atoms with Crippen molar-refractivity contribution in [1.29, 1.82) is 0 Å². The number of hydrogen-bond acceptors (Lipinski definition) is 0. The molecule has 20 heavy (non-hydrogen) atoms. The molecule has 0 amide bonds. The van der Waals surface area contributed by atoms with Crippen molar-refractivity contribution in [2.45, 2.75) is 105 Å². The Morgan fingerprint density at radius 3 is 1.95 bits per heavy atom. The molecule has 0 N–H and O–H groups in total. The maximum absolute atomic E-state index is 2.61. The molecule has 2 bridgehead atoms. The van der Waals surface area contributed by atoms with Crippen molar-refractivity contribution < 1.29 is 0 Å². The fraction of sp³-hybridized carbons (Fsp3) is 1.00. The monoisotopic (exact) mass is 278 g/mol. The van der Waals surface area contributed by atoms with Gasteiger partial charge >= 0.3 is 0 Å². The van der Waals surface area contributed by atoms with Gasteiger partial charge in [-0.2, -0.15) is 0 Å². The molecule has 0 aromatic carbocycles. The van der Waals surface area contributed by atoms with Gasteiger partial charge in [-0.05, 0) is 48.3 Å². The molecule has 0 saturated heterocycles. The largest absolute Gasteiger partial charge is 0.0654 e. The van der Waals surface area contributed by atoms with Crippen LogP contribution in [0.5, 0.6) is 0 Å². The molecule has 0 radical (unpaired) electrons. The highest BCUT2D eigenvalue weighted by atomic mass is 14.6. The first-order chi connectivity index (χ1) is 9.52. The van der Waals surface area contributed by atoms with E-state index < -0.39 is 0 Å². The van der Waals surface area contributed by atoms with Gasteiger partial charge in [-0.15, -0.1) is 0 Å². The highest BCUT2D eigenvalue weighted by molar-refractivity contribution is 5.09. The Hall–Kier alpha value is 0. The van der Waals surface area contributed by atoms with E-state index in [0.29, 0.717) is 10.8 Å². The van der Waals surface area contributed by atoms with Crippen LogP contribution in [-0.4, -0.2) is 0 Å². The van der Waals surface area contributed by atoms with E-state index >= 15 is 0 Å². The summed E-state index contributed by atoms with van der Waals surface area (Å²) in [5.41, 5.74) is 1.29. The van der Waals surface area contributed by atoms with E-state index in [9.17, 15) is 0 Å². The van der Waals surface area contributed by atoms with Gasteiger partial charge in [0.15, 0.2) is 0 Å². The van der Waals surface area contributed by atoms with Gasteiger partial charge in [0.1, 0.15) is 0 Å². The van der Waals surface area contributed by atoms with Gasteiger partial charge < -0.3 is 0 Å². The van der Waals surface area contributed by atoms with Gasteiger partial charge in [-0.25, -0.2) is 0 Å². The van der Waals surface area contributed by atoms with Crippen molar-refractivity contribution in [1.82, 2.24) is 0 Å². The van der Waals surface area contributed by atoms with E-state index in [4.69, 9.17) is 0 Å². The van der Waals surface area contributed by atoms with Crippen LogP contribution in [0.4, 0.5) is 0 Å². The molecule has 2 aliphatic carbocycles. The van der Waals surface area contributed by atoms with Crippen molar-refractivity contribution in [3.8, 4) is 0 Å². The first-order valence-electron chi connectivity index (χ1n) is 9.52. The first-order valence-corrected chi connectivity index (χ1v) is 9.52. The summed E-state index contributed by atoms with van der Waals surface area (Å²) in [6, 6.07) is 0. The van der Waals surface area contributed by atoms with Crippen molar-refractivity contribution in [3.05, 3.63) is 0 Å². The third kappa shape index (κ3) is 3.09. The summed E-state index contributed by atoms with van der Waals surface area (Å²) in [5, 5.41) is 0. The van der Waals surface area contributed by atoms with Gasteiger partial charge in [0.2, 0.25) is 0 Å². The van der Waals surface area contributed by atoms with Crippen LogP contribution in [0.15, 0.2) is 0 Å². The van der Waals surface area contributed by atoms with Crippen LogP contribution in [0, 0.1) is 22.7 Å². The van der Waals surface area contributed by atoms with Crippen LogP contribution in [0.1, 0.15) is 105 Å². The summed E-state index contributed by atoms with van der Waals surface area (Å²) < 4.78 is 0. The van der Waals surface area contributed by atoms with Gasteiger partial charge in [-0.1, -0.05) is 79.1 Å². The van der Waals surface area contributed by atoms with Crippen LogP contribution in [0.2, 0.25) is 0 Å². The van der Waals surface area contributed by atoms with E-state index in [0.717, 1.165) is 11.8 Å². The van der Waals surface area contributed by atoms with Crippen LogP contribution < -0.4 is 0 Å². The standard InChI is InChI=1S/C20H38/c1-5-6-7-8-9-10-11-12-13-18-16-17-14-15-20(18,4)19(17,2)3/h17-18H,5-16H2,1-4H3. The summed E-state index contributed by atoms with van der Waals surface area (Å²) >= 11 is 0. The van der Waals surface area contributed by atoms with E-state index in [1.165, 1.54) is 70.6 Å². The summed E-state index contributed by atoms with van der Waals surface area (Å²) in [6.07, 6.45) is 17.8. The SMILES string of the molecule is CCCCCCCCCCC1CC2CCC1(C)C2(C)C. The molecule has 3 unspecified atom stereocenters. The lowest BCUT2D eigenvalue weighted by atomic mass is 9.65. The topological polar surface area (TPSA) is 0 Å². The number of hydrogen-bond donors (Lipinski definition) is 0. The third-order valence-corrected chi connectivity index (χ3v) is 7.38. The van der Waals surface area contributed by atoms with Crippen molar-refractivity contribution in [3.63, 3.8) is 0 Å². The fourth-order valence-corrected chi connectivity index (χ4v) is 5.33. The van der Waals surface area contributed by atoms with Crippen molar-refractivity contribution in [2.24, 2.45) is 22.7 Å². The van der Waals surface area contributed by atoms with Gasteiger partial charge in [0.25, 0.3) is 0 Å². The number of rotatable bonds is 9. The average molecular weight is 279 g/mol. The minimum Gasteiger partial charge on any atom is -0.0654 e. The predicted octanol–water partition coefficient (Wildman–Crippen LogP) is 6.98. The Morgan fingerprint density at radius 1 is 0.850 bits per heavy atom. The van der Waals surface area contributed by atoms with E-state index in [1.807, 2.05) is 0 Å². The lowest BCUT2D eigenvalue weighted by Gasteiger charge is -2.39. The summed E-state index contributed by atoms with van der Waals surface area (Å²) in [7, 11) is 0. The average Bonchev–Trinajstić information content (AvgIpc) is 2.75. The lowest BCUT2D eigenvalue weighted by molar-refractivity contribution is 0.0961. The Labute approximate surface area is 128 Å². The molecule has 118 valence electrons. The van der Waals surface area contributed by atoms with Crippen LogP contribution >= 0.6 is 0 Å². The second-order valence-electron chi connectivity index (χ2n) is 8.57. The molecule has 0 aromatic heterocycles. The highest BCUT2D eigenvalue weighted by Gasteiger charge is 2.60. The molecular formula is C20H38. The maximum Gasteiger partial charge on any atom is -0.0243 e. The zero-order valence-corrected chi connectivity index (χ0v) is 14.6. The second kappa shape index (κ2) is 6.84. The smallest absolute Gasteiger partial charge is 0.0243 e. The third-order valence-electron chi connectivity index (χ3n) is 7.38. The molecule has 2 aliphatic rings. The highest BCUT2D eigenvalue weighted by Crippen LogP contribution is 2.68. The molecule has 0 aromatic rings. The molecule has 0 spiro atoms. The quantitative estimate of drug-likeness (QED) is 0.399. The van der Waals surface area contributed by atoms with Crippen molar-refractivity contribution in [2.75, 3.05) is 0 Å². The molecule has 0 aliphatic heterocycles. The minimum atomic E-state index is 0.623. The van der Waals surface area contributed by atoms with E-state index in [-0.39, 0.29) is 0 Å². The molecule has 3 atom stereocenters. The minimum absolute atomic E-state index is 0.623. The van der Waals surface area contributed by atoms with Gasteiger partial charge in [0, 0.05) is 0 Å². The van der Waals surface area contributed by atoms with Gasteiger partial charge in [-0.3, -0.25) is 0 Å². The molecule has 0 nitrogen and oxygen atoms in total. The zero-order valence-electron chi connectivity index (χ0n) is 14.6. The van der Waals surface area contributed by atoms with Crippen LogP contribution in [0.3, 0.4) is 0 Å². The number of unbranched alkanes of at least 4 members (excludes halogenated alkanes) is 7. The Balaban J connectivity index is 1.59. The first kappa shape index (κ1) is 16.4. The Bertz CT molecular complexity index is 290. The van der Waals surface area contributed by atoms with Gasteiger partial charge in [0.05, 0.1) is 0 Å². The lowest BCUT2D eigenvalue weighted by Crippen LogP contribution is -2.32. The molecule has 0 heterocycles. The predicted molar refractivity (Wildman–Crippen MR) is 89.9 cm³/mol. The summed E-state index contributed by atoms with van der Waals surface area (Å²) in [4.78, 5) is 0. The van der Waals surface area contributed by atoms with Crippen molar-refractivity contribution >= 4 is 0 Å². The normalized spacial score (nSPS) is 34.8. The molecule has 2 rings (SSSR count). The van der Waals surface area contributed by atoms with E-state index in [1.54, 1.807) is 6.42 Å². The Morgan fingerprint density at radius 2 is 1.45 bits per heavy atom. The molecule has 2 saturated carbocycles. The molecule has 2 fully saturated rings. The van der Waals surface area contributed by atoms with Crippen LogP contribution in [-0.2, 0) is 0 Å². The maximum atomic E-state index is 2.61. The van der Waals surface area contributed by atoms with E-state index in [2.05, 4.69) is 27.7 Å². The summed E-state index contributed by atoms with van der Waals surface area (Å²) in [6.45, 7) is 10.0. The molecular weight excluding hydrogens is 240 g/mol. The summed E-state index contributed by atoms with van der Waals surface area (Å²) in [5.74, 6) is 2.07. The van der Waals surface area contributed by atoms with Crippen LogP contribution in [0.25, 0.3) is 0 Å². The Kier molecular flexibility index (Phi) is 5.60. The molecule has 0 heteroatoms. The second-order valence-corrected chi connectivity index (χ2v) is 8.57.